The van der Waals surface area contributed by atoms with Crippen LogP contribution >= 0.6 is 11.6 Å². The lowest BCUT2D eigenvalue weighted by Crippen LogP contribution is -2.39. The van der Waals surface area contributed by atoms with Gasteiger partial charge in [-0.3, -0.25) is 9.59 Å². The molecule has 1 aliphatic carbocycles. The standard InChI is InChI=1S/C17H21ClO3/c1-12(16(20)21)10-17(9-5-4-8-15(17)19)11-13-6-2-3-7-14(13)18/h2-3,6-7,12H,4-5,8-11H2,1H3,(H,20,21). The summed E-state index contributed by atoms with van der Waals surface area (Å²) < 4.78 is 0. The molecule has 0 aromatic heterocycles. The van der Waals surface area contributed by atoms with Crippen LogP contribution in [0.2, 0.25) is 5.02 Å². The first-order valence-electron chi connectivity index (χ1n) is 7.44. The molecule has 2 unspecified atom stereocenters. The molecule has 21 heavy (non-hydrogen) atoms. The topological polar surface area (TPSA) is 54.4 Å². The summed E-state index contributed by atoms with van der Waals surface area (Å²) in [6, 6.07) is 7.51. The van der Waals surface area contributed by atoms with Crippen molar-refractivity contribution in [1.82, 2.24) is 0 Å². The van der Waals surface area contributed by atoms with Crippen molar-refractivity contribution in [2.24, 2.45) is 11.3 Å². The van der Waals surface area contributed by atoms with E-state index in [0.717, 1.165) is 24.8 Å². The molecule has 0 heterocycles. The van der Waals surface area contributed by atoms with Crippen LogP contribution in [0.4, 0.5) is 0 Å². The zero-order valence-corrected chi connectivity index (χ0v) is 13.0. The van der Waals surface area contributed by atoms with Crippen LogP contribution in [0.5, 0.6) is 0 Å². The van der Waals surface area contributed by atoms with E-state index in [-0.39, 0.29) is 5.78 Å². The second-order valence-electron chi connectivity index (χ2n) is 6.12. The summed E-state index contributed by atoms with van der Waals surface area (Å²) in [5.74, 6) is -1.16. The molecule has 4 heteroatoms. The monoisotopic (exact) mass is 308 g/mol. The molecule has 0 spiro atoms. The third-order valence-electron chi connectivity index (χ3n) is 4.51. The second-order valence-corrected chi connectivity index (χ2v) is 6.53. The minimum Gasteiger partial charge on any atom is -0.481 e. The molecule has 1 aromatic carbocycles. The Morgan fingerprint density at radius 3 is 2.71 bits per heavy atom. The van der Waals surface area contributed by atoms with Gasteiger partial charge in [0.15, 0.2) is 0 Å². The van der Waals surface area contributed by atoms with Crippen molar-refractivity contribution in [3.8, 4) is 0 Å². The van der Waals surface area contributed by atoms with Crippen LogP contribution in [0, 0.1) is 11.3 Å². The van der Waals surface area contributed by atoms with E-state index in [1.165, 1.54) is 0 Å². The van der Waals surface area contributed by atoms with Crippen molar-refractivity contribution in [2.45, 2.75) is 45.4 Å². The SMILES string of the molecule is CC(CC1(Cc2ccccc2Cl)CCCCC1=O)C(=O)O. The van der Waals surface area contributed by atoms with E-state index >= 15 is 0 Å². The first-order valence-corrected chi connectivity index (χ1v) is 7.82. The van der Waals surface area contributed by atoms with E-state index in [2.05, 4.69) is 0 Å². The number of carboxylic acids is 1. The Kier molecular flexibility index (Phi) is 5.04. The fourth-order valence-electron chi connectivity index (χ4n) is 3.31. The lowest BCUT2D eigenvalue weighted by atomic mass is 9.65. The average molecular weight is 309 g/mol. The highest BCUT2D eigenvalue weighted by molar-refractivity contribution is 6.31. The molecule has 0 bridgehead atoms. The number of benzene rings is 1. The molecule has 3 nitrogen and oxygen atoms in total. The van der Waals surface area contributed by atoms with Crippen LogP contribution in [-0.2, 0) is 16.0 Å². The van der Waals surface area contributed by atoms with Gasteiger partial charge in [0.25, 0.3) is 0 Å². The molecule has 2 atom stereocenters. The minimum absolute atomic E-state index is 0.196. The Morgan fingerprint density at radius 2 is 2.10 bits per heavy atom. The number of ketones is 1. The molecule has 1 saturated carbocycles. The first kappa shape index (κ1) is 16.0. The zero-order chi connectivity index (χ0) is 15.5. The Morgan fingerprint density at radius 1 is 1.38 bits per heavy atom. The summed E-state index contributed by atoms with van der Waals surface area (Å²) in [5.41, 5.74) is 0.369. The smallest absolute Gasteiger partial charge is 0.306 e. The quantitative estimate of drug-likeness (QED) is 0.890. The van der Waals surface area contributed by atoms with Crippen molar-refractivity contribution in [2.75, 3.05) is 0 Å². The van der Waals surface area contributed by atoms with E-state index in [1.54, 1.807) is 6.92 Å². The van der Waals surface area contributed by atoms with Gasteiger partial charge < -0.3 is 5.11 Å². The Labute approximate surface area is 130 Å². The van der Waals surface area contributed by atoms with Gasteiger partial charge in [-0.25, -0.2) is 0 Å². The second kappa shape index (κ2) is 6.61. The molecule has 2 rings (SSSR count). The molecule has 0 amide bonds. The van der Waals surface area contributed by atoms with Crippen molar-refractivity contribution < 1.29 is 14.7 Å². The van der Waals surface area contributed by atoms with Crippen LogP contribution in [0.15, 0.2) is 24.3 Å². The predicted molar refractivity (Wildman–Crippen MR) is 82.5 cm³/mol. The van der Waals surface area contributed by atoms with Crippen molar-refractivity contribution in [3.63, 3.8) is 0 Å². The number of rotatable bonds is 5. The normalized spacial score (nSPS) is 23.8. The number of hydrogen-bond donors (Lipinski definition) is 1. The van der Waals surface area contributed by atoms with Gasteiger partial charge in [-0.1, -0.05) is 43.1 Å². The summed E-state index contributed by atoms with van der Waals surface area (Å²) in [7, 11) is 0. The molecule has 0 radical (unpaired) electrons. The maximum atomic E-state index is 12.6. The number of aliphatic carboxylic acids is 1. The number of hydrogen-bond acceptors (Lipinski definition) is 2. The molecular formula is C17H21ClO3. The van der Waals surface area contributed by atoms with Crippen molar-refractivity contribution in [1.29, 1.82) is 0 Å². The summed E-state index contributed by atoms with van der Waals surface area (Å²) in [5, 5.41) is 9.85. The average Bonchev–Trinajstić information content (AvgIpc) is 2.44. The minimum atomic E-state index is -0.841. The largest absolute Gasteiger partial charge is 0.481 e. The van der Waals surface area contributed by atoms with Gasteiger partial charge in [0, 0.05) is 16.9 Å². The summed E-state index contributed by atoms with van der Waals surface area (Å²) in [6.45, 7) is 1.68. The van der Waals surface area contributed by atoms with Crippen LogP contribution in [0.3, 0.4) is 0 Å². The Hall–Kier alpha value is -1.35. The van der Waals surface area contributed by atoms with Gasteiger partial charge in [-0.2, -0.15) is 0 Å². The lowest BCUT2D eigenvalue weighted by molar-refractivity contribution is -0.144. The number of halogens is 1. The van der Waals surface area contributed by atoms with E-state index in [0.29, 0.717) is 24.3 Å². The van der Waals surface area contributed by atoms with E-state index < -0.39 is 17.3 Å². The molecular weight excluding hydrogens is 288 g/mol. The van der Waals surface area contributed by atoms with Crippen molar-refractivity contribution >= 4 is 23.4 Å². The number of carbonyl (C=O) groups excluding carboxylic acids is 1. The molecule has 1 aliphatic rings. The fraction of sp³-hybridized carbons (Fsp3) is 0.529. The van der Waals surface area contributed by atoms with Crippen LogP contribution < -0.4 is 0 Å². The summed E-state index contributed by atoms with van der Waals surface area (Å²) in [6.07, 6.45) is 4.13. The van der Waals surface area contributed by atoms with Gasteiger partial charge in [-0.05, 0) is 37.3 Å². The molecule has 0 aliphatic heterocycles. The lowest BCUT2D eigenvalue weighted by Gasteiger charge is -2.37. The first-order chi connectivity index (χ1) is 9.94. The van der Waals surface area contributed by atoms with E-state index in [4.69, 9.17) is 11.6 Å². The fourth-order valence-corrected chi connectivity index (χ4v) is 3.51. The predicted octanol–water partition coefficient (Wildman–Crippen LogP) is 4.12. The highest BCUT2D eigenvalue weighted by Gasteiger charge is 2.42. The molecule has 1 fully saturated rings. The van der Waals surface area contributed by atoms with E-state index in [1.807, 2.05) is 24.3 Å². The number of carbonyl (C=O) groups is 2. The Balaban J connectivity index is 2.29. The third-order valence-corrected chi connectivity index (χ3v) is 4.87. The number of Topliss-reactive ketones (excluding diaryl/α,β-unsaturated/α-hetero) is 1. The molecule has 114 valence electrons. The van der Waals surface area contributed by atoms with E-state index in [9.17, 15) is 14.7 Å². The maximum absolute atomic E-state index is 12.6. The third kappa shape index (κ3) is 3.65. The van der Waals surface area contributed by atoms with Crippen molar-refractivity contribution in [3.05, 3.63) is 34.9 Å². The molecule has 1 N–H and O–H groups in total. The summed E-state index contributed by atoms with van der Waals surface area (Å²) >= 11 is 6.22. The van der Waals surface area contributed by atoms with Gasteiger partial charge in [0.05, 0.1) is 5.92 Å². The number of carboxylic acid groups (broad SMARTS) is 1. The van der Waals surface area contributed by atoms with Gasteiger partial charge in [0.1, 0.15) is 5.78 Å². The van der Waals surface area contributed by atoms with Gasteiger partial charge in [-0.15, -0.1) is 0 Å². The van der Waals surface area contributed by atoms with Crippen LogP contribution in [0.1, 0.15) is 44.6 Å². The Bertz CT molecular complexity index is 541. The highest BCUT2D eigenvalue weighted by Crippen LogP contribution is 2.42. The van der Waals surface area contributed by atoms with Gasteiger partial charge in [0.2, 0.25) is 0 Å². The summed E-state index contributed by atoms with van der Waals surface area (Å²) in [4.78, 5) is 23.8. The maximum Gasteiger partial charge on any atom is 0.306 e. The molecule has 1 aromatic rings. The zero-order valence-electron chi connectivity index (χ0n) is 12.3. The highest BCUT2D eigenvalue weighted by atomic mass is 35.5. The van der Waals surface area contributed by atoms with Crippen LogP contribution in [0.25, 0.3) is 0 Å². The van der Waals surface area contributed by atoms with Crippen LogP contribution in [-0.4, -0.2) is 16.9 Å². The van der Waals surface area contributed by atoms with Gasteiger partial charge >= 0.3 is 5.97 Å². The molecule has 0 saturated heterocycles.